The Morgan fingerprint density at radius 3 is 2.76 bits per heavy atom. The summed E-state index contributed by atoms with van der Waals surface area (Å²) in [6.45, 7) is 3.25. The molecular weight excluding hydrogens is 222 g/mol. The molecule has 3 N–H and O–H groups in total. The normalized spacial score (nSPS) is 10.2. The number of nitrogen functional groups attached to an aromatic ring is 1. The van der Waals surface area contributed by atoms with E-state index >= 15 is 0 Å². The van der Waals surface area contributed by atoms with Crippen molar-refractivity contribution in [2.24, 2.45) is 0 Å². The van der Waals surface area contributed by atoms with Crippen LogP contribution in [-0.2, 0) is 9.47 Å². The minimum Gasteiger partial charge on any atom is -0.506 e. The summed E-state index contributed by atoms with van der Waals surface area (Å²) in [4.78, 5) is 11.5. The Balaban J connectivity index is 2.39. The van der Waals surface area contributed by atoms with Crippen molar-refractivity contribution in [3.05, 3.63) is 23.8 Å². The molecule has 1 rings (SSSR count). The first-order chi connectivity index (χ1) is 8.15. The number of ether oxygens (including phenoxy) is 2. The van der Waals surface area contributed by atoms with Crippen LogP contribution in [0.25, 0.3) is 0 Å². The highest BCUT2D eigenvalue weighted by Gasteiger charge is 2.08. The highest BCUT2D eigenvalue weighted by molar-refractivity contribution is 5.90. The number of carbonyl (C=O) groups is 1. The summed E-state index contributed by atoms with van der Waals surface area (Å²) >= 11 is 0. The summed E-state index contributed by atoms with van der Waals surface area (Å²) in [5, 5.41) is 9.20. The minimum absolute atomic E-state index is 0.0483. The van der Waals surface area contributed by atoms with Gasteiger partial charge in [0.05, 0.1) is 17.9 Å². The van der Waals surface area contributed by atoms with Crippen molar-refractivity contribution in [3.63, 3.8) is 0 Å². The number of phenols is 1. The second-order valence-electron chi connectivity index (χ2n) is 3.52. The number of aromatic hydroxyl groups is 1. The molecule has 5 nitrogen and oxygen atoms in total. The van der Waals surface area contributed by atoms with Gasteiger partial charge in [-0.05, 0) is 24.6 Å². The summed E-state index contributed by atoms with van der Waals surface area (Å²) in [5.41, 5.74) is 5.94. The third-order valence-corrected chi connectivity index (χ3v) is 2.07. The monoisotopic (exact) mass is 239 g/mol. The molecule has 0 aromatic heterocycles. The summed E-state index contributed by atoms with van der Waals surface area (Å²) < 4.78 is 10.1. The Kier molecular flexibility index (Phi) is 5.29. The summed E-state index contributed by atoms with van der Waals surface area (Å²) in [6, 6.07) is 4.20. The Labute approximate surface area is 100 Å². The number of carbonyl (C=O) groups excluding carboxylic acids is 1. The van der Waals surface area contributed by atoms with Gasteiger partial charge in [0.25, 0.3) is 0 Å². The van der Waals surface area contributed by atoms with E-state index in [0.29, 0.717) is 18.8 Å². The molecule has 1 aromatic carbocycles. The smallest absolute Gasteiger partial charge is 0.338 e. The molecule has 0 saturated heterocycles. The van der Waals surface area contributed by atoms with E-state index in [1.807, 2.05) is 6.92 Å². The highest BCUT2D eigenvalue weighted by atomic mass is 16.6. The quantitative estimate of drug-likeness (QED) is 0.341. The number of rotatable bonds is 6. The number of anilines is 1. The second-order valence-corrected chi connectivity index (χ2v) is 3.52. The highest BCUT2D eigenvalue weighted by Crippen LogP contribution is 2.20. The molecule has 94 valence electrons. The third kappa shape index (κ3) is 4.32. The van der Waals surface area contributed by atoms with Gasteiger partial charge in [-0.1, -0.05) is 6.92 Å². The van der Waals surface area contributed by atoms with Gasteiger partial charge in [0.1, 0.15) is 12.4 Å². The van der Waals surface area contributed by atoms with E-state index in [0.717, 1.165) is 6.42 Å². The molecule has 17 heavy (non-hydrogen) atoms. The van der Waals surface area contributed by atoms with Crippen molar-refractivity contribution < 1.29 is 19.4 Å². The molecule has 0 bridgehead atoms. The van der Waals surface area contributed by atoms with Crippen molar-refractivity contribution in [3.8, 4) is 5.75 Å². The molecule has 0 atom stereocenters. The summed E-state index contributed by atoms with van der Waals surface area (Å²) in [5.74, 6) is -0.523. The molecule has 0 spiro atoms. The molecule has 0 aliphatic rings. The van der Waals surface area contributed by atoms with Gasteiger partial charge in [-0.15, -0.1) is 0 Å². The fourth-order valence-corrected chi connectivity index (χ4v) is 1.20. The van der Waals surface area contributed by atoms with Crippen molar-refractivity contribution in [2.45, 2.75) is 13.3 Å². The lowest BCUT2D eigenvalue weighted by atomic mass is 10.2. The van der Waals surface area contributed by atoms with E-state index in [-0.39, 0.29) is 18.0 Å². The van der Waals surface area contributed by atoms with Crippen LogP contribution in [0.3, 0.4) is 0 Å². The lowest BCUT2D eigenvalue weighted by Gasteiger charge is -2.06. The van der Waals surface area contributed by atoms with Crippen LogP contribution in [0.2, 0.25) is 0 Å². The maximum atomic E-state index is 11.5. The molecule has 0 aliphatic heterocycles. The zero-order chi connectivity index (χ0) is 12.7. The predicted octanol–water partition coefficient (Wildman–Crippen LogP) is 1.56. The summed E-state index contributed by atoms with van der Waals surface area (Å²) in [7, 11) is 0. The number of phenolic OH excluding ortho intramolecular Hbond substituents is 1. The van der Waals surface area contributed by atoms with Crippen LogP contribution in [0.1, 0.15) is 23.7 Å². The minimum atomic E-state index is -0.475. The lowest BCUT2D eigenvalue weighted by molar-refractivity contribution is 0.0318. The Morgan fingerprint density at radius 1 is 1.35 bits per heavy atom. The van der Waals surface area contributed by atoms with Crippen molar-refractivity contribution in [2.75, 3.05) is 25.6 Å². The van der Waals surface area contributed by atoms with Crippen LogP contribution in [-0.4, -0.2) is 30.9 Å². The molecule has 0 aliphatic carbocycles. The van der Waals surface area contributed by atoms with Gasteiger partial charge in [0.15, 0.2) is 0 Å². The zero-order valence-corrected chi connectivity index (χ0v) is 9.81. The average Bonchev–Trinajstić information content (AvgIpc) is 2.32. The lowest BCUT2D eigenvalue weighted by Crippen LogP contribution is -2.11. The van der Waals surface area contributed by atoms with Crippen LogP contribution >= 0.6 is 0 Å². The van der Waals surface area contributed by atoms with E-state index in [1.165, 1.54) is 18.2 Å². The molecule has 0 fully saturated rings. The fourth-order valence-electron chi connectivity index (χ4n) is 1.20. The average molecular weight is 239 g/mol. The molecular formula is C12H17NO4. The first kappa shape index (κ1) is 13.3. The maximum Gasteiger partial charge on any atom is 0.338 e. The Hall–Kier alpha value is -1.75. The molecule has 1 aromatic rings. The molecule has 0 amide bonds. The first-order valence-electron chi connectivity index (χ1n) is 5.48. The van der Waals surface area contributed by atoms with Gasteiger partial charge in [0, 0.05) is 6.61 Å². The van der Waals surface area contributed by atoms with Crippen LogP contribution in [0.15, 0.2) is 18.2 Å². The standard InChI is InChI=1S/C12H17NO4/c1-2-5-16-6-7-17-12(15)9-3-4-11(14)10(13)8-9/h3-4,8,14H,2,5-7,13H2,1H3. The zero-order valence-electron chi connectivity index (χ0n) is 9.81. The summed E-state index contributed by atoms with van der Waals surface area (Å²) in [6.07, 6.45) is 0.933. The topological polar surface area (TPSA) is 81.8 Å². The van der Waals surface area contributed by atoms with Crippen LogP contribution < -0.4 is 5.73 Å². The van der Waals surface area contributed by atoms with Crippen molar-refractivity contribution >= 4 is 11.7 Å². The van der Waals surface area contributed by atoms with Crippen molar-refractivity contribution in [1.82, 2.24) is 0 Å². The van der Waals surface area contributed by atoms with E-state index in [2.05, 4.69) is 0 Å². The molecule has 0 radical (unpaired) electrons. The molecule has 0 unspecified atom stereocenters. The van der Waals surface area contributed by atoms with E-state index < -0.39 is 5.97 Å². The van der Waals surface area contributed by atoms with Crippen LogP contribution in [0.4, 0.5) is 5.69 Å². The van der Waals surface area contributed by atoms with Gasteiger partial charge in [-0.25, -0.2) is 4.79 Å². The second kappa shape index (κ2) is 6.75. The SMILES string of the molecule is CCCOCCOC(=O)c1ccc(O)c(N)c1. The van der Waals surface area contributed by atoms with E-state index in [9.17, 15) is 9.90 Å². The number of nitrogens with two attached hydrogens (primary N) is 1. The third-order valence-electron chi connectivity index (χ3n) is 2.07. The molecule has 0 saturated carbocycles. The Bertz CT molecular complexity index is 379. The maximum absolute atomic E-state index is 11.5. The number of benzene rings is 1. The van der Waals surface area contributed by atoms with Crippen LogP contribution in [0.5, 0.6) is 5.75 Å². The van der Waals surface area contributed by atoms with Gasteiger partial charge in [0.2, 0.25) is 0 Å². The van der Waals surface area contributed by atoms with E-state index in [1.54, 1.807) is 0 Å². The van der Waals surface area contributed by atoms with Gasteiger partial charge >= 0.3 is 5.97 Å². The molecule has 0 heterocycles. The largest absolute Gasteiger partial charge is 0.506 e. The van der Waals surface area contributed by atoms with Gasteiger partial charge < -0.3 is 20.3 Å². The van der Waals surface area contributed by atoms with Gasteiger partial charge in [-0.2, -0.15) is 0 Å². The fraction of sp³-hybridized carbons (Fsp3) is 0.417. The van der Waals surface area contributed by atoms with Crippen molar-refractivity contribution in [1.29, 1.82) is 0 Å². The van der Waals surface area contributed by atoms with E-state index in [4.69, 9.17) is 15.2 Å². The number of esters is 1. The Morgan fingerprint density at radius 2 is 2.12 bits per heavy atom. The molecule has 5 heteroatoms. The van der Waals surface area contributed by atoms with Gasteiger partial charge in [-0.3, -0.25) is 0 Å². The number of hydrogen-bond donors (Lipinski definition) is 2. The first-order valence-corrected chi connectivity index (χ1v) is 5.48. The number of hydrogen-bond acceptors (Lipinski definition) is 5. The van der Waals surface area contributed by atoms with Crippen LogP contribution in [0, 0.1) is 0 Å². The predicted molar refractivity (Wildman–Crippen MR) is 63.9 cm³/mol.